The van der Waals surface area contributed by atoms with Crippen molar-refractivity contribution in [2.24, 2.45) is 0 Å². The molecule has 0 radical (unpaired) electrons. The molecule has 1 heterocycles. The van der Waals surface area contributed by atoms with Crippen LogP contribution in [0.25, 0.3) is 0 Å². The Morgan fingerprint density at radius 1 is 1.19 bits per heavy atom. The van der Waals surface area contributed by atoms with Gasteiger partial charge in [-0.2, -0.15) is 4.72 Å². The number of rotatable bonds is 12. The highest BCUT2D eigenvalue weighted by atomic mass is 35.5. The van der Waals surface area contributed by atoms with Gasteiger partial charge in [0, 0.05) is 36.1 Å². The van der Waals surface area contributed by atoms with Crippen molar-refractivity contribution >= 4 is 27.5 Å². The van der Waals surface area contributed by atoms with Gasteiger partial charge in [0.05, 0.1) is 24.2 Å². The van der Waals surface area contributed by atoms with E-state index in [1.54, 1.807) is 35.2 Å². The predicted octanol–water partition coefficient (Wildman–Crippen LogP) is 3.72. The van der Waals surface area contributed by atoms with Crippen LogP contribution in [0, 0.1) is 12.3 Å². The van der Waals surface area contributed by atoms with Gasteiger partial charge in [-0.05, 0) is 48.7 Å². The van der Waals surface area contributed by atoms with E-state index in [9.17, 15) is 13.2 Å². The van der Waals surface area contributed by atoms with E-state index >= 15 is 0 Å². The van der Waals surface area contributed by atoms with Crippen LogP contribution >= 0.6 is 11.6 Å². The highest BCUT2D eigenvalue weighted by molar-refractivity contribution is 7.89. The molecule has 3 rings (SSSR count). The third-order valence-electron chi connectivity index (χ3n) is 5.18. The molecule has 8 nitrogen and oxygen atoms in total. The van der Waals surface area contributed by atoms with E-state index in [-0.39, 0.29) is 29.6 Å². The summed E-state index contributed by atoms with van der Waals surface area (Å²) in [6, 6.07) is 11.8. The first-order valence-electron chi connectivity index (χ1n) is 11.3. The molecule has 0 aliphatic rings. The average Bonchev–Trinajstić information content (AvgIpc) is 2.89. The van der Waals surface area contributed by atoms with Gasteiger partial charge in [0.1, 0.15) is 11.4 Å². The largest absolute Gasteiger partial charge is 0.493 e. The number of carbonyl (C=O) groups is 1. The van der Waals surface area contributed by atoms with Crippen LogP contribution in [0.5, 0.6) is 5.75 Å². The maximum Gasteiger partial charge on any atom is 0.274 e. The first kappa shape index (κ1) is 27.1. The van der Waals surface area contributed by atoms with E-state index in [0.717, 1.165) is 17.5 Å². The van der Waals surface area contributed by atoms with Gasteiger partial charge < -0.3 is 9.64 Å². The summed E-state index contributed by atoms with van der Waals surface area (Å²) in [4.78, 5) is 23.2. The zero-order chi connectivity index (χ0) is 26.0. The molecule has 1 N–H and O–H groups in total. The van der Waals surface area contributed by atoms with Gasteiger partial charge in [-0.15, -0.1) is 6.42 Å². The van der Waals surface area contributed by atoms with Gasteiger partial charge in [-0.3, -0.25) is 9.78 Å². The number of halogens is 1. The monoisotopic (exact) mass is 526 g/mol. The standard InChI is InChI=1S/C26H27ClN4O4S/c1-3-12-30-36(33,34)23-8-5-20(6-9-23)11-15-31(26(32)24-18-28-13-14-29-24)19-21-17-22(27)7-10-25(21)35-16-4-2/h1,5-10,13-14,17-18,30H,4,11-12,15-16,19H2,2H3. The Kier molecular flexibility index (Phi) is 9.82. The van der Waals surface area contributed by atoms with E-state index in [4.69, 9.17) is 22.8 Å². The van der Waals surface area contributed by atoms with Crippen molar-refractivity contribution in [3.63, 3.8) is 0 Å². The number of amides is 1. The number of hydrogen-bond acceptors (Lipinski definition) is 6. The van der Waals surface area contributed by atoms with Crippen LogP contribution in [-0.4, -0.2) is 48.9 Å². The molecule has 1 amide bonds. The van der Waals surface area contributed by atoms with Crippen molar-refractivity contribution in [1.29, 1.82) is 0 Å². The quantitative estimate of drug-likeness (QED) is 0.361. The summed E-state index contributed by atoms with van der Waals surface area (Å²) in [5.74, 6) is 2.62. The van der Waals surface area contributed by atoms with E-state index < -0.39 is 10.0 Å². The predicted molar refractivity (Wildman–Crippen MR) is 138 cm³/mol. The van der Waals surface area contributed by atoms with Gasteiger partial charge in [-0.1, -0.05) is 36.6 Å². The van der Waals surface area contributed by atoms with E-state index in [2.05, 4.69) is 20.6 Å². The lowest BCUT2D eigenvalue weighted by Gasteiger charge is -2.24. The van der Waals surface area contributed by atoms with Crippen molar-refractivity contribution in [2.45, 2.75) is 31.2 Å². The number of terminal acetylenes is 1. The second kappa shape index (κ2) is 13.0. The first-order chi connectivity index (χ1) is 17.3. The van der Waals surface area contributed by atoms with E-state index in [1.165, 1.54) is 30.7 Å². The SMILES string of the molecule is C#CCNS(=O)(=O)c1ccc(CCN(Cc2cc(Cl)ccc2OCCC)C(=O)c2cnccn2)cc1. The van der Waals surface area contributed by atoms with Crippen LogP contribution in [0.1, 0.15) is 35.0 Å². The molecule has 0 spiro atoms. The highest BCUT2D eigenvalue weighted by Crippen LogP contribution is 2.25. The molecule has 0 fully saturated rings. The summed E-state index contributed by atoms with van der Waals surface area (Å²) in [6.45, 7) is 3.06. The van der Waals surface area contributed by atoms with Crippen molar-refractivity contribution in [2.75, 3.05) is 19.7 Å². The molecule has 0 unspecified atom stereocenters. The molecule has 1 aromatic heterocycles. The third-order valence-corrected chi connectivity index (χ3v) is 6.84. The number of ether oxygens (including phenoxy) is 1. The smallest absolute Gasteiger partial charge is 0.274 e. The number of benzene rings is 2. The fourth-order valence-corrected chi connectivity index (χ4v) is 4.50. The Morgan fingerprint density at radius 2 is 1.97 bits per heavy atom. The van der Waals surface area contributed by atoms with Gasteiger partial charge >= 0.3 is 0 Å². The molecule has 0 saturated carbocycles. The van der Waals surface area contributed by atoms with E-state index in [1.807, 2.05) is 6.92 Å². The molecule has 3 aromatic rings. The van der Waals surface area contributed by atoms with Crippen LogP contribution in [0.4, 0.5) is 0 Å². The van der Waals surface area contributed by atoms with Gasteiger partial charge in [0.2, 0.25) is 10.0 Å². The van der Waals surface area contributed by atoms with Gasteiger partial charge in [0.25, 0.3) is 5.91 Å². The molecule has 2 aromatic carbocycles. The summed E-state index contributed by atoms with van der Waals surface area (Å²) >= 11 is 6.24. The van der Waals surface area contributed by atoms with Crippen LogP contribution < -0.4 is 9.46 Å². The molecule has 0 aliphatic heterocycles. The Morgan fingerprint density at radius 3 is 2.64 bits per heavy atom. The molecule has 0 saturated heterocycles. The number of sulfonamides is 1. The zero-order valence-electron chi connectivity index (χ0n) is 19.9. The number of carbonyl (C=O) groups excluding carboxylic acids is 1. The van der Waals surface area contributed by atoms with Crippen LogP contribution in [0.15, 0.2) is 66.0 Å². The highest BCUT2D eigenvalue weighted by Gasteiger charge is 2.20. The normalized spacial score (nSPS) is 11.0. The fraction of sp³-hybridized carbons (Fsp3) is 0.269. The molecule has 36 heavy (non-hydrogen) atoms. The third kappa shape index (κ3) is 7.52. The Balaban J connectivity index is 1.81. The van der Waals surface area contributed by atoms with Crippen molar-refractivity contribution < 1.29 is 17.9 Å². The van der Waals surface area contributed by atoms with E-state index in [0.29, 0.717) is 30.3 Å². The Bertz CT molecular complexity index is 1310. The summed E-state index contributed by atoms with van der Waals surface area (Å²) in [6.07, 6.45) is 10.9. The van der Waals surface area contributed by atoms with Crippen molar-refractivity contribution in [3.8, 4) is 18.1 Å². The maximum absolute atomic E-state index is 13.3. The first-order valence-corrected chi connectivity index (χ1v) is 13.2. The minimum Gasteiger partial charge on any atom is -0.493 e. The number of aromatic nitrogens is 2. The lowest BCUT2D eigenvalue weighted by Crippen LogP contribution is -2.33. The Hall–Kier alpha value is -3.45. The lowest BCUT2D eigenvalue weighted by molar-refractivity contribution is 0.0737. The summed E-state index contributed by atoms with van der Waals surface area (Å²) in [5, 5.41) is 0.538. The van der Waals surface area contributed by atoms with Crippen molar-refractivity contribution in [3.05, 3.63) is 82.9 Å². The number of hydrogen-bond donors (Lipinski definition) is 1. The molecule has 0 bridgehead atoms. The van der Waals surface area contributed by atoms with Crippen molar-refractivity contribution in [1.82, 2.24) is 19.6 Å². The number of nitrogens with zero attached hydrogens (tertiary/aromatic N) is 3. The molecular weight excluding hydrogens is 500 g/mol. The average molecular weight is 527 g/mol. The molecule has 0 aliphatic carbocycles. The molecule has 0 atom stereocenters. The topological polar surface area (TPSA) is 101 Å². The number of nitrogens with one attached hydrogen (secondary N) is 1. The minimum absolute atomic E-state index is 0.0863. The van der Waals surface area contributed by atoms with Crippen LogP contribution in [0.3, 0.4) is 0 Å². The maximum atomic E-state index is 13.3. The van der Waals surface area contributed by atoms with Gasteiger partial charge in [0.15, 0.2) is 0 Å². The molecule has 188 valence electrons. The van der Waals surface area contributed by atoms with Crippen LogP contribution in [0.2, 0.25) is 5.02 Å². The summed E-state index contributed by atoms with van der Waals surface area (Å²) in [7, 11) is -3.68. The van der Waals surface area contributed by atoms with Gasteiger partial charge in [-0.25, -0.2) is 13.4 Å². The summed E-state index contributed by atoms with van der Waals surface area (Å²) in [5.41, 5.74) is 1.85. The summed E-state index contributed by atoms with van der Waals surface area (Å²) < 4.78 is 32.7. The molecule has 10 heteroatoms. The van der Waals surface area contributed by atoms with Crippen LogP contribution in [-0.2, 0) is 23.0 Å². The minimum atomic E-state index is -3.68. The Labute approximate surface area is 216 Å². The second-order valence-electron chi connectivity index (χ2n) is 7.84. The molecular formula is C26H27ClN4O4S. The lowest BCUT2D eigenvalue weighted by atomic mass is 10.1. The zero-order valence-corrected chi connectivity index (χ0v) is 21.4. The fourth-order valence-electron chi connectivity index (χ4n) is 3.37. The second-order valence-corrected chi connectivity index (χ2v) is 10.0.